The van der Waals surface area contributed by atoms with Crippen LogP contribution in [-0.4, -0.2) is 34.2 Å². The average molecular weight is 208 g/mol. The molecular formula is C12H20N2O. The number of hydrogen-bond acceptors (Lipinski definition) is 3. The van der Waals surface area contributed by atoms with Crippen molar-refractivity contribution in [2.75, 3.05) is 7.05 Å². The van der Waals surface area contributed by atoms with Crippen LogP contribution in [0.25, 0.3) is 0 Å². The molecule has 0 spiro atoms. The van der Waals surface area contributed by atoms with Crippen molar-refractivity contribution in [2.24, 2.45) is 0 Å². The van der Waals surface area contributed by atoms with E-state index in [2.05, 4.69) is 23.9 Å². The number of hydrogen-bond donors (Lipinski definition) is 1. The Labute approximate surface area is 91.8 Å². The maximum atomic E-state index is 9.30. The van der Waals surface area contributed by atoms with E-state index in [1.165, 1.54) is 5.56 Å². The molecule has 0 fully saturated rings. The van der Waals surface area contributed by atoms with E-state index in [-0.39, 0.29) is 6.10 Å². The highest BCUT2D eigenvalue weighted by molar-refractivity contribution is 5.09. The maximum absolute atomic E-state index is 9.30. The highest BCUT2D eigenvalue weighted by Crippen LogP contribution is 2.09. The zero-order chi connectivity index (χ0) is 11.3. The second-order valence-corrected chi connectivity index (χ2v) is 4.20. The molecule has 0 aromatic carbocycles. The van der Waals surface area contributed by atoms with Crippen molar-refractivity contribution in [1.29, 1.82) is 0 Å². The lowest BCUT2D eigenvalue weighted by molar-refractivity contribution is 0.131. The SMILES string of the molecule is CC(O)CC(C)N(C)Cc1ccncc1. The number of nitrogens with zero attached hydrogens (tertiary/aromatic N) is 2. The van der Waals surface area contributed by atoms with E-state index in [1.807, 2.05) is 31.5 Å². The molecule has 3 heteroatoms. The second-order valence-electron chi connectivity index (χ2n) is 4.20. The van der Waals surface area contributed by atoms with E-state index in [4.69, 9.17) is 0 Å². The van der Waals surface area contributed by atoms with Gasteiger partial charge in [-0.3, -0.25) is 9.88 Å². The minimum Gasteiger partial charge on any atom is -0.393 e. The third-order valence-corrected chi connectivity index (χ3v) is 2.62. The first-order chi connectivity index (χ1) is 7.09. The lowest BCUT2D eigenvalue weighted by Crippen LogP contribution is -2.31. The van der Waals surface area contributed by atoms with E-state index in [1.54, 1.807) is 0 Å². The van der Waals surface area contributed by atoms with Gasteiger partial charge in [0, 0.05) is 25.0 Å². The minimum absolute atomic E-state index is 0.236. The van der Waals surface area contributed by atoms with Gasteiger partial charge in [-0.05, 0) is 45.0 Å². The van der Waals surface area contributed by atoms with Gasteiger partial charge in [-0.2, -0.15) is 0 Å². The summed E-state index contributed by atoms with van der Waals surface area (Å²) in [6, 6.07) is 4.43. The van der Waals surface area contributed by atoms with Crippen molar-refractivity contribution in [3.05, 3.63) is 30.1 Å². The number of aliphatic hydroxyl groups excluding tert-OH is 1. The quantitative estimate of drug-likeness (QED) is 0.799. The monoisotopic (exact) mass is 208 g/mol. The van der Waals surface area contributed by atoms with Gasteiger partial charge in [0.2, 0.25) is 0 Å². The standard InChI is InChI=1S/C12H20N2O/c1-10(8-11(2)15)14(3)9-12-4-6-13-7-5-12/h4-7,10-11,15H,8-9H2,1-3H3. The number of rotatable bonds is 5. The largest absolute Gasteiger partial charge is 0.393 e. The summed E-state index contributed by atoms with van der Waals surface area (Å²) < 4.78 is 0. The van der Waals surface area contributed by atoms with E-state index in [0.717, 1.165) is 13.0 Å². The summed E-state index contributed by atoms with van der Waals surface area (Å²) in [5.41, 5.74) is 1.25. The molecule has 0 aliphatic heterocycles. The van der Waals surface area contributed by atoms with E-state index < -0.39 is 0 Å². The number of aromatic nitrogens is 1. The Morgan fingerprint density at radius 1 is 1.33 bits per heavy atom. The van der Waals surface area contributed by atoms with Gasteiger partial charge < -0.3 is 5.11 Å². The highest BCUT2D eigenvalue weighted by Gasteiger charge is 2.11. The molecule has 3 nitrogen and oxygen atoms in total. The predicted octanol–water partition coefficient (Wildman–Crippen LogP) is 1.67. The van der Waals surface area contributed by atoms with Gasteiger partial charge in [0.05, 0.1) is 6.10 Å². The summed E-state index contributed by atoms with van der Waals surface area (Å²) in [6.07, 6.45) is 4.19. The predicted molar refractivity (Wildman–Crippen MR) is 61.5 cm³/mol. The molecule has 84 valence electrons. The van der Waals surface area contributed by atoms with Crippen LogP contribution in [0.1, 0.15) is 25.8 Å². The fourth-order valence-electron chi connectivity index (χ4n) is 1.61. The molecule has 0 aliphatic rings. The van der Waals surface area contributed by atoms with Crippen molar-refractivity contribution < 1.29 is 5.11 Å². The van der Waals surface area contributed by atoms with Gasteiger partial charge in [0.1, 0.15) is 0 Å². The molecule has 1 aromatic rings. The molecule has 1 heterocycles. The lowest BCUT2D eigenvalue weighted by Gasteiger charge is -2.25. The van der Waals surface area contributed by atoms with Crippen LogP contribution in [0.2, 0.25) is 0 Å². The minimum atomic E-state index is -0.236. The van der Waals surface area contributed by atoms with Crippen LogP contribution in [0.3, 0.4) is 0 Å². The van der Waals surface area contributed by atoms with Gasteiger partial charge in [-0.1, -0.05) is 0 Å². The zero-order valence-corrected chi connectivity index (χ0v) is 9.72. The Bertz CT molecular complexity index is 274. The van der Waals surface area contributed by atoms with E-state index in [0.29, 0.717) is 6.04 Å². The summed E-state index contributed by atoms with van der Waals surface area (Å²) in [5, 5.41) is 9.30. The second kappa shape index (κ2) is 5.83. The highest BCUT2D eigenvalue weighted by atomic mass is 16.3. The fraction of sp³-hybridized carbons (Fsp3) is 0.583. The molecular weight excluding hydrogens is 188 g/mol. The molecule has 2 unspecified atom stereocenters. The maximum Gasteiger partial charge on any atom is 0.0526 e. The molecule has 0 radical (unpaired) electrons. The molecule has 1 rings (SSSR count). The first-order valence-electron chi connectivity index (χ1n) is 5.37. The van der Waals surface area contributed by atoms with Crippen molar-refractivity contribution in [3.8, 4) is 0 Å². The molecule has 0 saturated heterocycles. The molecule has 0 aliphatic carbocycles. The molecule has 1 N–H and O–H groups in total. The molecule has 15 heavy (non-hydrogen) atoms. The van der Waals surface area contributed by atoms with Gasteiger partial charge in [0.25, 0.3) is 0 Å². The Kier molecular flexibility index (Phi) is 4.72. The van der Waals surface area contributed by atoms with Crippen molar-refractivity contribution in [1.82, 2.24) is 9.88 Å². The van der Waals surface area contributed by atoms with Gasteiger partial charge in [-0.25, -0.2) is 0 Å². The molecule has 2 atom stereocenters. The normalized spacial score (nSPS) is 15.3. The van der Waals surface area contributed by atoms with Crippen molar-refractivity contribution in [3.63, 3.8) is 0 Å². The first-order valence-corrected chi connectivity index (χ1v) is 5.37. The van der Waals surface area contributed by atoms with Crippen molar-refractivity contribution >= 4 is 0 Å². The Balaban J connectivity index is 2.45. The molecule has 0 bridgehead atoms. The van der Waals surface area contributed by atoms with Crippen LogP contribution in [0, 0.1) is 0 Å². The van der Waals surface area contributed by atoms with Gasteiger partial charge >= 0.3 is 0 Å². The number of aliphatic hydroxyl groups is 1. The van der Waals surface area contributed by atoms with Crippen molar-refractivity contribution in [2.45, 2.75) is 39.0 Å². The van der Waals surface area contributed by atoms with E-state index >= 15 is 0 Å². The van der Waals surface area contributed by atoms with Crippen LogP contribution in [-0.2, 0) is 6.54 Å². The van der Waals surface area contributed by atoms with Crippen LogP contribution in [0.5, 0.6) is 0 Å². The lowest BCUT2D eigenvalue weighted by atomic mass is 10.1. The smallest absolute Gasteiger partial charge is 0.0526 e. The molecule has 1 aromatic heterocycles. The van der Waals surface area contributed by atoms with Gasteiger partial charge in [0.15, 0.2) is 0 Å². The Morgan fingerprint density at radius 3 is 2.47 bits per heavy atom. The first kappa shape index (κ1) is 12.1. The summed E-state index contributed by atoms with van der Waals surface area (Å²) in [7, 11) is 2.08. The molecule has 0 amide bonds. The average Bonchev–Trinajstić information content (AvgIpc) is 2.18. The van der Waals surface area contributed by atoms with Gasteiger partial charge in [-0.15, -0.1) is 0 Å². The third kappa shape index (κ3) is 4.40. The van der Waals surface area contributed by atoms with E-state index in [9.17, 15) is 5.11 Å². The van der Waals surface area contributed by atoms with Crippen LogP contribution >= 0.6 is 0 Å². The topological polar surface area (TPSA) is 36.4 Å². The zero-order valence-electron chi connectivity index (χ0n) is 9.72. The summed E-state index contributed by atoms with van der Waals surface area (Å²) >= 11 is 0. The van der Waals surface area contributed by atoms with Crippen LogP contribution in [0.4, 0.5) is 0 Å². The fourth-order valence-corrected chi connectivity index (χ4v) is 1.61. The Morgan fingerprint density at radius 2 is 1.93 bits per heavy atom. The molecule has 0 saturated carbocycles. The number of pyridine rings is 1. The van der Waals surface area contributed by atoms with Crippen LogP contribution < -0.4 is 0 Å². The van der Waals surface area contributed by atoms with Crippen LogP contribution in [0.15, 0.2) is 24.5 Å². The Hall–Kier alpha value is -0.930. The summed E-state index contributed by atoms with van der Waals surface area (Å²) in [5.74, 6) is 0. The third-order valence-electron chi connectivity index (χ3n) is 2.62. The summed E-state index contributed by atoms with van der Waals surface area (Å²) in [6.45, 7) is 4.86. The summed E-state index contributed by atoms with van der Waals surface area (Å²) in [4.78, 5) is 6.23.